The first-order chi connectivity index (χ1) is 16.5. The fourth-order valence-electron chi connectivity index (χ4n) is 3.55. The van der Waals surface area contributed by atoms with Crippen molar-refractivity contribution in [1.29, 1.82) is 0 Å². The Balaban J connectivity index is 1.87. The Bertz CT molecular complexity index is 1010. The van der Waals surface area contributed by atoms with E-state index in [1.807, 2.05) is 0 Å². The van der Waals surface area contributed by atoms with Gasteiger partial charge >= 0.3 is 5.97 Å². The average molecular weight is 479 g/mol. The van der Waals surface area contributed by atoms with Gasteiger partial charge < -0.3 is 18.9 Å². The molecule has 1 N–H and O–H groups in total. The van der Waals surface area contributed by atoms with E-state index in [-0.39, 0.29) is 30.0 Å². The van der Waals surface area contributed by atoms with Crippen LogP contribution in [0.25, 0.3) is 0 Å². The molecule has 2 aromatic rings. The molecule has 1 saturated heterocycles. The number of hydrogen-bond donors (Lipinski definition) is 1. The zero-order valence-corrected chi connectivity index (χ0v) is 19.5. The smallest absolute Gasteiger partial charge is 0.311 e. The maximum Gasteiger partial charge on any atom is 0.311 e. The molecule has 34 heavy (non-hydrogen) atoms. The molecule has 11 heteroatoms. The van der Waals surface area contributed by atoms with Gasteiger partial charge in [-0.25, -0.2) is 4.39 Å². The Hall–Kier alpha value is -3.02. The van der Waals surface area contributed by atoms with Gasteiger partial charge in [0.1, 0.15) is 18.2 Å². The molecular weight excluding hydrogens is 447 g/mol. The Morgan fingerprint density at radius 1 is 1.18 bits per heavy atom. The number of carbonyl (C=O) groups is 1. The van der Waals surface area contributed by atoms with Gasteiger partial charge in [-0.05, 0) is 24.3 Å². The third-order valence-electron chi connectivity index (χ3n) is 5.40. The number of benzene rings is 1. The van der Waals surface area contributed by atoms with Gasteiger partial charge in [0.05, 0.1) is 63.4 Å². The molecule has 0 radical (unpaired) electrons. The first-order valence-electron chi connectivity index (χ1n) is 11.1. The van der Waals surface area contributed by atoms with E-state index >= 15 is 0 Å². The molecule has 0 saturated carbocycles. The maximum absolute atomic E-state index is 13.4. The van der Waals surface area contributed by atoms with Gasteiger partial charge in [-0.3, -0.25) is 29.3 Å². The average Bonchev–Trinajstić information content (AvgIpc) is 3.16. The molecule has 0 atom stereocenters. The predicted molar refractivity (Wildman–Crippen MR) is 123 cm³/mol. The molecule has 3 rings (SSSR count). The van der Waals surface area contributed by atoms with Gasteiger partial charge in [0, 0.05) is 26.7 Å². The second kappa shape index (κ2) is 13.0. The van der Waals surface area contributed by atoms with E-state index < -0.39 is 5.97 Å². The van der Waals surface area contributed by atoms with Crippen LogP contribution < -0.4 is 10.3 Å². The molecule has 1 aromatic carbocycles. The number of rotatable bonds is 12. The SMILES string of the molecule is COCCN=C(COc1ccc(F)cc1)c1c(CC(=O)OC)[nH]n(CCN2CCOCC2)c1=O. The van der Waals surface area contributed by atoms with Crippen LogP contribution in [-0.4, -0.2) is 93.2 Å². The number of halogens is 1. The number of hydrogen-bond acceptors (Lipinski definition) is 8. The zero-order valence-electron chi connectivity index (χ0n) is 19.5. The lowest BCUT2D eigenvalue weighted by molar-refractivity contribution is -0.139. The summed E-state index contributed by atoms with van der Waals surface area (Å²) in [6.07, 6.45) is -0.120. The van der Waals surface area contributed by atoms with Gasteiger partial charge in [0.15, 0.2) is 0 Å². The number of morpholine rings is 1. The normalized spacial score (nSPS) is 14.9. The summed E-state index contributed by atoms with van der Waals surface area (Å²) in [6.45, 7) is 4.60. The lowest BCUT2D eigenvalue weighted by Gasteiger charge is -2.26. The van der Waals surface area contributed by atoms with Crippen molar-refractivity contribution in [3.63, 3.8) is 0 Å². The summed E-state index contributed by atoms with van der Waals surface area (Å²) in [7, 11) is 2.85. The molecule has 0 bridgehead atoms. The minimum absolute atomic E-state index is 0.0416. The molecule has 1 fully saturated rings. The zero-order chi connectivity index (χ0) is 24.3. The quantitative estimate of drug-likeness (QED) is 0.274. The van der Waals surface area contributed by atoms with Gasteiger partial charge in [-0.1, -0.05) is 0 Å². The number of methoxy groups -OCH3 is 2. The summed E-state index contributed by atoms with van der Waals surface area (Å²) >= 11 is 0. The first kappa shape index (κ1) is 25.6. The number of esters is 1. The van der Waals surface area contributed by atoms with Crippen LogP contribution in [-0.2, 0) is 32.0 Å². The van der Waals surface area contributed by atoms with Crippen LogP contribution in [0.1, 0.15) is 11.3 Å². The number of nitrogens with one attached hydrogen (secondary N) is 1. The number of aromatic amines is 1. The number of ether oxygens (including phenoxy) is 4. The van der Waals surface area contributed by atoms with E-state index in [4.69, 9.17) is 18.9 Å². The highest BCUT2D eigenvalue weighted by Gasteiger charge is 2.23. The number of H-pyrrole nitrogens is 1. The highest BCUT2D eigenvalue weighted by molar-refractivity contribution is 6.03. The third kappa shape index (κ3) is 7.24. The second-order valence-electron chi connectivity index (χ2n) is 7.69. The van der Waals surface area contributed by atoms with E-state index in [1.54, 1.807) is 7.11 Å². The Labute approximate surface area is 197 Å². The molecule has 1 aliphatic heterocycles. The van der Waals surface area contributed by atoms with Gasteiger partial charge in [-0.15, -0.1) is 0 Å². The van der Waals surface area contributed by atoms with Crippen molar-refractivity contribution >= 4 is 11.7 Å². The second-order valence-corrected chi connectivity index (χ2v) is 7.69. The molecule has 0 unspecified atom stereocenters. The standard InChI is InChI=1S/C23H31FN4O6/c1-31-12-7-25-20(16-34-18-5-3-17(24)4-6-18)22-19(15-21(29)32-2)26-28(23(22)30)9-8-27-10-13-33-14-11-27/h3-6,26H,7-16H2,1-2H3. The van der Waals surface area contributed by atoms with Gasteiger partial charge in [-0.2, -0.15) is 0 Å². The van der Waals surface area contributed by atoms with Crippen molar-refractivity contribution in [2.75, 3.05) is 66.8 Å². The lowest BCUT2D eigenvalue weighted by Crippen LogP contribution is -2.39. The number of aliphatic imine (C=N–C) groups is 1. The van der Waals surface area contributed by atoms with Crippen molar-refractivity contribution in [2.45, 2.75) is 13.0 Å². The largest absolute Gasteiger partial charge is 0.487 e. The summed E-state index contributed by atoms with van der Waals surface area (Å²) in [4.78, 5) is 32.2. The molecule has 1 aliphatic rings. The highest BCUT2D eigenvalue weighted by atomic mass is 19.1. The molecule has 0 amide bonds. The van der Waals surface area contributed by atoms with Crippen molar-refractivity contribution < 1.29 is 28.1 Å². The fraction of sp³-hybridized carbons (Fsp3) is 0.522. The van der Waals surface area contributed by atoms with E-state index in [0.29, 0.717) is 56.6 Å². The van der Waals surface area contributed by atoms with Crippen LogP contribution in [0.15, 0.2) is 34.1 Å². The van der Waals surface area contributed by atoms with Crippen molar-refractivity contribution in [3.05, 3.63) is 51.7 Å². The Morgan fingerprint density at radius 3 is 2.59 bits per heavy atom. The van der Waals surface area contributed by atoms with E-state index in [2.05, 4.69) is 15.0 Å². The van der Waals surface area contributed by atoms with Crippen molar-refractivity contribution in [1.82, 2.24) is 14.7 Å². The van der Waals surface area contributed by atoms with Crippen LogP contribution in [0.4, 0.5) is 4.39 Å². The van der Waals surface area contributed by atoms with E-state index in [1.165, 1.54) is 36.1 Å². The minimum atomic E-state index is -0.487. The van der Waals surface area contributed by atoms with Crippen LogP contribution in [0.2, 0.25) is 0 Å². The molecule has 0 spiro atoms. The molecule has 0 aliphatic carbocycles. The topological polar surface area (TPSA) is 107 Å². The summed E-state index contributed by atoms with van der Waals surface area (Å²) in [5, 5.41) is 3.06. The summed E-state index contributed by atoms with van der Waals surface area (Å²) in [5.41, 5.74) is 0.737. The molecule has 1 aromatic heterocycles. The predicted octanol–water partition coefficient (Wildman–Crippen LogP) is 0.878. The minimum Gasteiger partial charge on any atom is -0.487 e. The molecule has 2 heterocycles. The Morgan fingerprint density at radius 2 is 1.91 bits per heavy atom. The van der Waals surface area contributed by atoms with E-state index in [0.717, 1.165) is 13.1 Å². The van der Waals surface area contributed by atoms with Crippen molar-refractivity contribution in [2.24, 2.45) is 4.99 Å². The maximum atomic E-state index is 13.4. The van der Waals surface area contributed by atoms with E-state index in [9.17, 15) is 14.0 Å². The summed E-state index contributed by atoms with van der Waals surface area (Å²) in [5.74, 6) is -0.437. The summed E-state index contributed by atoms with van der Waals surface area (Å²) < 4.78 is 35.8. The first-order valence-corrected chi connectivity index (χ1v) is 11.1. The molecular formula is C23H31FN4O6. The van der Waals surface area contributed by atoms with Crippen LogP contribution >= 0.6 is 0 Å². The Kier molecular flexibility index (Phi) is 9.80. The van der Waals surface area contributed by atoms with Crippen LogP contribution in [0.3, 0.4) is 0 Å². The van der Waals surface area contributed by atoms with Crippen LogP contribution in [0, 0.1) is 5.82 Å². The number of nitrogens with zero attached hydrogens (tertiary/aromatic N) is 3. The van der Waals surface area contributed by atoms with Crippen LogP contribution in [0.5, 0.6) is 5.75 Å². The van der Waals surface area contributed by atoms with Gasteiger partial charge in [0.2, 0.25) is 0 Å². The van der Waals surface area contributed by atoms with Crippen molar-refractivity contribution in [3.8, 4) is 5.75 Å². The fourth-order valence-corrected chi connectivity index (χ4v) is 3.55. The monoisotopic (exact) mass is 478 g/mol. The third-order valence-corrected chi connectivity index (χ3v) is 5.40. The number of carbonyl (C=O) groups excluding carboxylic acids is 1. The molecule has 186 valence electrons. The summed E-state index contributed by atoms with van der Waals surface area (Å²) in [6, 6.07) is 5.56. The molecule has 10 nitrogen and oxygen atoms in total. The highest BCUT2D eigenvalue weighted by Crippen LogP contribution is 2.13. The lowest BCUT2D eigenvalue weighted by atomic mass is 10.1. The van der Waals surface area contributed by atoms with Gasteiger partial charge in [0.25, 0.3) is 5.56 Å². The number of aromatic nitrogens is 2.